The summed E-state index contributed by atoms with van der Waals surface area (Å²) in [5, 5.41) is 8.71. The lowest BCUT2D eigenvalue weighted by atomic mass is 10.2. The largest absolute Gasteiger partial charge is 0.480 e. The minimum absolute atomic E-state index is 0.339. The van der Waals surface area contributed by atoms with E-state index in [1.165, 1.54) is 6.08 Å². The molecule has 0 unspecified atom stereocenters. The Balaban J connectivity index is 3.97. The Morgan fingerprint density at radius 1 is 1.69 bits per heavy atom. The first kappa shape index (κ1) is 12.1. The molecule has 0 bridgehead atoms. The number of carbonyl (C=O) groups is 1. The van der Waals surface area contributed by atoms with E-state index in [0.717, 1.165) is 0 Å². The van der Waals surface area contributed by atoms with Crippen LogP contribution in [0.3, 0.4) is 0 Å². The fourth-order valence-electron chi connectivity index (χ4n) is 0.614. The van der Waals surface area contributed by atoms with Crippen LogP contribution in [-0.2, 0) is 9.63 Å². The molecule has 0 aliphatic rings. The molecule has 0 rings (SSSR count). The molecule has 0 saturated heterocycles. The van der Waals surface area contributed by atoms with Gasteiger partial charge in [0.15, 0.2) is 0 Å². The SMILES string of the molecule is C=CC[C@H](NOC(C)(C)C)C(=O)O. The second kappa shape index (κ2) is 4.99. The van der Waals surface area contributed by atoms with E-state index in [4.69, 9.17) is 9.94 Å². The number of nitrogens with one attached hydrogen (secondary N) is 1. The molecule has 0 saturated carbocycles. The van der Waals surface area contributed by atoms with Crippen LogP contribution in [0, 0.1) is 0 Å². The van der Waals surface area contributed by atoms with Crippen LogP contribution in [0.15, 0.2) is 12.7 Å². The van der Waals surface area contributed by atoms with Crippen LogP contribution < -0.4 is 5.48 Å². The van der Waals surface area contributed by atoms with Crippen LogP contribution in [-0.4, -0.2) is 22.7 Å². The Morgan fingerprint density at radius 2 is 2.23 bits per heavy atom. The monoisotopic (exact) mass is 187 g/mol. The summed E-state index contributed by atoms with van der Waals surface area (Å²) in [6, 6.07) is -0.725. The van der Waals surface area contributed by atoms with E-state index >= 15 is 0 Å². The Hall–Kier alpha value is -0.870. The Morgan fingerprint density at radius 3 is 2.54 bits per heavy atom. The van der Waals surface area contributed by atoms with Gasteiger partial charge in [-0.2, -0.15) is 5.48 Å². The van der Waals surface area contributed by atoms with E-state index in [1.807, 2.05) is 20.8 Å². The number of rotatable bonds is 5. The molecule has 0 aromatic carbocycles. The molecule has 0 spiro atoms. The van der Waals surface area contributed by atoms with Crippen molar-refractivity contribution >= 4 is 5.97 Å². The fraction of sp³-hybridized carbons (Fsp3) is 0.667. The summed E-state index contributed by atoms with van der Waals surface area (Å²) in [6.45, 7) is 8.99. The smallest absolute Gasteiger partial charge is 0.323 e. The molecular formula is C9H17NO3. The third-order valence-corrected chi connectivity index (χ3v) is 1.21. The molecular weight excluding hydrogens is 170 g/mol. The highest BCUT2D eigenvalue weighted by Crippen LogP contribution is 2.05. The third-order valence-electron chi connectivity index (χ3n) is 1.21. The van der Waals surface area contributed by atoms with Crippen molar-refractivity contribution in [2.75, 3.05) is 0 Å². The van der Waals surface area contributed by atoms with Gasteiger partial charge < -0.3 is 5.11 Å². The van der Waals surface area contributed by atoms with Crippen molar-refractivity contribution in [1.29, 1.82) is 0 Å². The van der Waals surface area contributed by atoms with Crippen LogP contribution in [0.2, 0.25) is 0 Å². The van der Waals surface area contributed by atoms with Crippen molar-refractivity contribution in [1.82, 2.24) is 5.48 Å². The molecule has 4 nitrogen and oxygen atoms in total. The van der Waals surface area contributed by atoms with Gasteiger partial charge in [-0.05, 0) is 27.2 Å². The molecule has 0 fully saturated rings. The maximum absolute atomic E-state index is 10.6. The molecule has 0 aromatic heterocycles. The molecule has 76 valence electrons. The van der Waals surface area contributed by atoms with Crippen LogP contribution >= 0.6 is 0 Å². The van der Waals surface area contributed by atoms with E-state index in [9.17, 15) is 4.79 Å². The highest BCUT2D eigenvalue weighted by molar-refractivity contribution is 5.73. The number of aliphatic carboxylic acids is 1. The van der Waals surface area contributed by atoms with Crippen molar-refractivity contribution in [3.8, 4) is 0 Å². The van der Waals surface area contributed by atoms with Crippen molar-refractivity contribution < 1.29 is 14.7 Å². The van der Waals surface area contributed by atoms with Crippen LogP contribution in [0.5, 0.6) is 0 Å². The Bertz CT molecular complexity index is 184. The first-order valence-electron chi connectivity index (χ1n) is 4.14. The number of hydrogen-bond donors (Lipinski definition) is 2. The van der Waals surface area contributed by atoms with Crippen LogP contribution in [0.25, 0.3) is 0 Å². The van der Waals surface area contributed by atoms with Gasteiger partial charge in [-0.3, -0.25) is 9.63 Å². The summed E-state index contributed by atoms with van der Waals surface area (Å²) in [5.41, 5.74) is 2.10. The lowest BCUT2D eigenvalue weighted by molar-refractivity contribution is -0.150. The second-order valence-electron chi connectivity index (χ2n) is 3.75. The number of carboxylic acid groups (broad SMARTS) is 1. The Kier molecular flexibility index (Phi) is 4.66. The fourth-order valence-corrected chi connectivity index (χ4v) is 0.614. The topological polar surface area (TPSA) is 58.6 Å². The molecule has 0 aliphatic carbocycles. The zero-order valence-electron chi connectivity index (χ0n) is 8.33. The van der Waals surface area contributed by atoms with E-state index in [2.05, 4.69) is 12.1 Å². The number of hydroxylamine groups is 1. The molecule has 0 amide bonds. The zero-order chi connectivity index (χ0) is 10.5. The molecule has 2 N–H and O–H groups in total. The molecule has 0 radical (unpaired) electrons. The standard InChI is InChI=1S/C9H17NO3/c1-5-6-7(8(11)12)10-13-9(2,3)4/h5,7,10H,1,6H2,2-4H3,(H,11,12)/t7-/m0/s1. The zero-order valence-corrected chi connectivity index (χ0v) is 8.33. The molecule has 0 aromatic rings. The van der Waals surface area contributed by atoms with Crippen molar-refractivity contribution in [3.63, 3.8) is 0 Å². The summed E-state index contributed by atoms with van der Waals surface area (Å²) >= 11 is 0. The van der Waals surface area contributed by atoms with Gasteiger partial charge in [-0.1, -0.05) is 6.08 Å². The quantitative estimate of drug-likeness (QED) is 0.503. The summed E-state index contributed by atoms with van der Waals surface area (Å²) in [6.07, 6.45) is 1.88. The lowest BCUT2D eigenvalue weighted by Crippen LogP contribution is -2.41. The predicted molar refractivity (Wildman–Crippen MR) is 50.2 cm³/mol. The molecule has 0 heterocycles. The minimum Gasteiger partial charge on any atom is -0.480 e. The normalized spacial score (nSPS) is 13.8. The maximum Gasteiger partial charge on any atom is 0.323 e. The number of hydrogen-bond acceptors (Lipinski definition) is 3. The van der Waals surface area contributed by atoms with E-state index in [1.54, 1.807) is 0 Å². The molecule has 1 atom stereocenters. The molecule has 4 heteroatoms. The van der Waals surface area contributed by atoms with Crippen molar-refractivity contribution in [2.24, 2.45) is 0 Å². The average Bonchev–Trinajstić information content (AvgIpc) is 1.95. The highest BCUT2D eigenvalue weighted by Gasteiger charge is 2.19. The van der Waals surface area contributed by atoms with Gasteiger partial charge in [0, 0.05) is 0 Å². The molecule has 13 heavy (non-hydrogen) atoms. The maximum atomic E-state index is 10.6. The van der Waals surface area contributed by atoms with Gasteiger partial charge in [0.05, 0.1) is 5.60 Å². The van der Waals surface area contributed by atoms with Crippen LogP contribution in [0.4, 0.5) is 0 Å². The molecule has 0 aliphatic heterocycles. The lowest BCUT2D eigenvalue weighted by Gasteiger charge is -2.22. The minimum atomic E-state index is -0.941. The van der Waals surface area contributed by atoms with Gasteiger partial charge in [-0.15, -0.1) is 6.58 Å². The first-order chi connectivity index (χ1) is 5.87. The predicted octanol–water partition coefficient (Wildman–Crippen LogP) is 1.34. The van der Waals surface area contributed by atoms with Gasteiger partial charge in [-0.25, -0.2) is 0 Å². The van der Waals surface area contributed by atoms with Crippen LogP contribution in [0.1, 0.15) is 27.2 Å². The van der Waals surface area contributed by atoms with Gasteiger partial charge in [0.25, 0.3) is 0 Å². The van der Waals surface area contributed by atoms with Crippen molar-refractivity contribution in [3.05, 3.63) is 12.7 Å². The first-order valence-corrected chi connectivity index (χ1v) is 4.14. The van der Waals surface area contributed by atoms with Gasteiger partial charge in [0.2, 0.25) is 0 Å². The third kappa shape index (κ3) is 6.31. The summed E-state index contributed by atoms with van der Waals surface area (Å²) in [4.78, 5) is 15.7. The van der Waals surface area contributed by atoms with Gasteiger partial charge in [0.1, 0.15) is 6.04 Å². The summed E-state index contributed by atoms with van der Waals surface area (Å²) in [7, 11) is 0. The second-order valence-corrected chi connectivity index (χ2v) is 3.75. The summed E-state index contributed by atoms with van der Waals surface area (Å²) in [5.74, 6) is -0.941. The van der Waals surface area contributed by atoms with E-state index in [0.29, 0.717) is 6.42 Å². The van der Waals surface area contributed by atoms with Crippen molar-refractivity contribution in [2.45, 2.75) is 38.8 Å². The Labute approximate surface area is 78.5 Å². The van der Waals surface area contributed by atoms with E-state index < -0.39 is 17.6 Å². The summed E-state index contributed by atoms with van der Waals surface area (Å²) < 4.78 is 0. The van der Waals surface area contributed by atoms with Gasteiger partial charge >= 0.3 is 5.97 Å². The van der Waals surface area contributed by atoms with E-state index in [-0.39, 0.29) is 0 Å². The number of carboxylic acids is 1. The average molecular weight is 187 g/mol. The highest BCUT2D eigenvalue weighted by atomic mass is 16.7.